The van der Waals surface area contributed by atoms with E-state index in [1.807, 2.05) is 0 Å². The van der Waals surface area contributed by atoms with Crippen LogP contribution in [-0.4, -0.2) is 22.9 Å². The number of amides is 1. The normalized spacial score (nSPS) is 11.2. The summed E-state index contributed by atoms with van der Waals surface area (Å²) in [5, 5.41) is 13.6. The van der Waals surface area contributed by atoms with E-state index in [9.17, 15) is 19.7 Å². The van der Waals surface area contributed by atoms with E-state index in [-0.39, 0.29) is 22.0 Å². The fourth-order valence-electron chi connectivity index (χ4n) is 2.15. The van der Waals surface area contributed by atoms with Gasteiger partial charge in [-0.15, -0.1) is 0 Å². The van der Waals surface area contributed by atoms with Crippen molar-refractivity contribution in [2.45, 2.75) is 20.0 Å². The van der Waals surface area contributed by atoms with Crippen molar-refractivity contribution >= 4 is 35.2 Å². The van der Waals surface area contributed by atoms with Crippen molar-refractivity contribution in [2.75, 3.05) is 0 Å². The first-order chi connectivity index (χ1) is 12.8. The Kier molecular flexibility index (Phi) is 6.67. The number of ether oxygens (including phenoxy) is 1. The topological polar surface area (TPSA) is 98.5 Å². The molecule has 1 N–H and O–H groups in total. The first-order valence-corrected chi connectivity index (χ1v) is 8.38. The van der Waals surface area contributed by atoms with Crippen molar-refractivity contribution in [3.05, 3.63) is 80.5 Å². The Balaban J connectivity index is 2.38. The van der Waals surface area contributed by atoms with Gasteiger partial charge in [0.25, 0.3) is 11.6 Å². The zero-order valence-corrected chi connectivity index (χ0v) is 15.4. The second-order valence-corrected chi connectivity index (χ2v) is 6.21. The number of rotatable bonds is 6. The summed E-state index contributed by atoms with van der Waals surface area (Å²) in [6.45, 7) is 3.33. The van der Waals surface area contributed by atoms with Gasteiger partial charge in [-0.2, -0.15) is 0 Å². The highest BCUT2D eigenvalue weighted by Gasteiger charge is 2.19. The molecule has 0 heterocycles. The van der Waals surface area contributed by atoms with Crippen LogP contribution in [0.15, 0.2) is 54.2 Å². The molecule has 0 aliphatic carbocycles. The lowest BCUT2D eigenvalue weighted by Gasteiger charge is -2.13. The first kappa shape index (κ1) is 20.1. The minimum atomic E-state index is -0.767. The second-order valence-electron chi connectivity index (χ2n) is 5.80. The van der Waals surface area contributed by atoms with E-state index in [1.165, 1.54) is 30.3 Å². The van der Waals surface area contributed by atoms with Crippen molar-refractivity contribution in [2.24, 2.45) is 0 Å². The minimum absolute atomic E-state index is 0.141. The third-order valence-corrected chi connectivity index (χ3v) is 3.65. The minimum Gasteiger partial charge on any atom is -0.458 e. The zero-order chi connectivity index (χ0) is 20.0. The molecule has 2 rings (SSSR count). The van der Waals surface area contributed by atoms with E-state index >= 15 is 0 Å². The van der Waals surface area contributed by atoms with Gasteiger partial charge in [0.2, 0.25) is 0 Å². The number of nitro benzene ring substituents is 1. The van der Waals surface area contributed by atoms with Crippen LogP contribution in [0.3, 0.4) is 0 Å². The summed E-state index contributed by atoms with van der Waals surface area (Å²) in [7, 11) is 0. The van der Waals surface area contributed by atoms with E-state index in [0.29, 0.717) is 5.56 Å². The molecule has 0 atom stereocenters. The fourth-order valence-corrected chi connectivity index (χ4v) is 2.37. The van der Waals surface area contributed by atoms with Crippen molar-refractivity contribution in [1.29, 1.82) is 0 Å². The maximum absolute atomic E-state index is 12.5. The number of non-ortho nitro benzene ring substituents is 1. The van der Waals surface area contributed by atoms with Crippen molar-refractivity contribution < 1.29 is 19.2 Å². The molecule has 2 aromatic carbocycles. The summed E-state index contributed by atoms with van der Waals surface area (Å²) in [6, 6.07) is 12.0. The lowest BCUT2D eigenvalue weighted by atomic mass is 10.1. The van der Waals surface area contributed by atoms with E-state index < -0.39 is 22.9 Å². The number of esters is 1. The van der Waals surface area contributed by atoms with Gasteiger partial charge in [-0.1, -0.05) is 35.9 Å². The number of nitro groups is 1. The standard InChI is InChI=1S/C19H17ClN2O5/c1-12(2)27-19(24)17(11-13-6-5-7-14(10-13)22(25)26)21-18(23)15-8-3-4-9-16(15)20/h3-12H,1-2H3,(H,21,23)/b17-11+. The SMILES string of the molecule is CC(C)OC(=O)/C(=C\c1cccc([N+](=O)[O-])c1)NC(=O)c1ccccc1Cl. The third kappa shape index (κ3) is 5.65. The van der Waals surface area contributed by atoms with Crippen LogP contribution >= 0.6 is 11.6 Å². The average molecular weight is 389 g/mol. The van der Waals surface area contributed by atoms with Crippen LogP contribution in [0.4, 0.5) is 5.69 Å². The second kappa shape index (κ2) is 8.95. The largest absolute Gasteiger partial charge is 0.458 e. The van der Waals surface area contributed by atoms with Gasteiger partial charge < -0.3 is 10.1 Å². The summed E-state index contributed by atoms with van der Waals surface area (Å²) >= 11 is 6.01. The number of nitrogens with zero attached hydrogens (tertiary/aromatic N) is 1. The van der Waals surface area contributed by atoms with Gasteiger partial charge in [-0.05, 0) is 37.6 Å². The Bertz CT molecular complexity index is 908. The monoisotopic (exact) mass is 388 g/mol. The van der Waals surface area contributed by atoms with Crippen molar-refractivity contribution in [3.63, 3.8) is 0 Å². The van der Waals surface area contributed by atoms with Crippen LogP contribution in [0.2, 0.25) is 5.02 Å². The Hall–Kier alpha value is -3.19. The van der Waals surface area contributed by atoms with Crippen molar-refractivity contribution in [1.82, 2.24) is 5.32 Å². The number of hydrogen-bond donors (Lipinski definition) is 1. The summed E-state index contributed by atoms with van der Waals surface area (Å²) < 4.78 is 5.14. The summed E-state index contributed by atoms with van der Waals surface area (Å²) in [5.74, 6) is -1.37. The molecule has 0 aliphatic heterocycles. The number of carbonyl (C=O) groups is 2. The van der Waals surface area contributed by atoms with Crippen LogP contribution < -0.4 is 5.32 Å². The van der Waals surface area contributed by atoms with Gasteiger partial charge in [0.1, 0.15) is 5.70 Å². The molecule has 1 amide bonds. The molecule has 140 valence electrons. The highest BCUT2D eigenvalue weighted by Crippen LogP contribution is 2.18. The third-order valence-electron chi connectivity index (χ3n) is 3.32. The molecule has 0 aliphatic rings. The molecule has 8 heteroatoms. The number of nitrogens with one attached hydrogen (secondary N) is 1. The predicted octanol–water partition coefficient (Wildman–Crippen LogP) is 3.97. The predicted molar refractivity (Wildman–Crippen MR) is 101 cm³/mol. The lowest BCUT2D eigenvalue weighted by Crippen LogP contribution is -2.29. The van der Waals surface area contributed by atoms with Crippen LogP contribution in [-0.2, 0) is 9.53 Å². The summed E-state index contributed by atoms with van der Waals surface area (Å²) in [4.78, 5) is 35.2. The molecule has 0 radical (unpaired) electrons. The van der Waals surface area contributed by atoms with Crippen LogP contribution in [0, 0.1) is 10.1 Å². The first-order valence-electron chi connectivity index (χ1n) is 8.01. The van der Waals surface area contributed by atoms with Crippen molar-refractivity contribution in [3.8, 4) is 0 Å². The molecule has 0 saturated carbocycles. The highest BCUT2D eigenvalue weighted by atomic mass is 35.5. The fraction of sp³-hybridized carbons (Fsp3) is 0.158. The molecule has 0 unspecified atom stereocenters. The Morgan fingerprint density at radius 2 is 1.89 bits per heavy atom. The van der Waals surface area contributed by atoms with E-state index in [2.05, 4.69) is 5.32 Å². The molecule has 0 bridgehead atoms. The maximum Gasteiger partial charge on any atom is 0.355 e. The van der Waals surface area contributed by atoms with Gasteiger partial charge in [0, 0.05) is 12.1 Å². The quantitative estimate of drug-likeness (QED) is 0.349. The van der Waals surface area contributed by atoms with Gasteiger partial charge in [0.15, 0.2) is 0 Å². The van der Waals surface area contributed by atoms with E-state index in [1.54, 1.807) is 38.1 Å². The summed E-state index contributed by atoms with van der Waals surface area (Å²) in [6.07, 6.45) is 0.898. The number of hydrogen-bond acceptors (Lipinski definition) is 5. The highest BCUT2D eigenvalue weighted by molar-refractivity contribution is 6.34. The molecule has 7 nitrogen and oxygen atoms in total. The van der Waals surface area contributed by atoms with E-state index in [0.717, 1.165) is 0 Å². The number of halogens is 1. The van der Waals surface area contributed by atoms with Gasteiger partial charge in [-0.25, -0.2) is 4.79 Å². The van der Waals surface area contributed by atoms with Crippen LogP contribution in [0.1, 0.15) is 29.8 Å². The van der Waals surface area contributed by atoms with E-state index in [4.69, 9.17) is 16.3 Å². The molecule has 0 fully saturated rings. The molecular formula is C19H17ClN2O5. The molecule has 0 spiro atoms. The van der Waals surface area contributed by atoms with Gasteiger partial charge >= 0.3 is 5.97 Å². The number of carbonyl (C=O) groups excluding carboxylic acids is 2. The van der Waals surface area contributed by atoms with Gasteiger partial charge in [0.05, 0.1) is 21.6 Å². The Morgan fingerprint density at radius 3 is 2.52 bits per heavy atom. The maximum atomic E-state index is 12.5. The number of benzene rings is 2. The molecule has 0 aromatic heterocycles. The Morgan fingerprint density at radius 1 is 1.19 bits per heavy atom. The Labute approximate surface area is 160 Å². The smallest absolute Gasteiger partial charge is 0.355 e. The zero-order valence-electron chi connectivity index (χ0n) is 14.6. The van der Waals surface area contributed by atoms with Crippen LogP contribution in [0.25, 0.3) is 6.08 Å². The molecular weight excluding hydrogens is 372 g/mol. The summed E-state index contributed by atoms with van der Waals surface area (Å²) in [5.41, 5.74) is 0.243. The van der Waals surface area contributed by atoms with Crippen LogP contribution in [0.5, 0.6) is 0 Å². The molecule has 0 saturated heterocycles. The van der Waals surface area contributed by atoms with Gasteiger partial charge in [-0.3, -0.25) is 14.9 Å². The lowest BCUT2D eigenvalue weighted by molar-refractivity contribution is -0.384. The molecule has 2 aromatic rings. The molecule has 27 heavy (non-hydrogen) atoms. The average Bonchev–Trinajstić information content (AvgIpc) is 2.61.